The van der Waals surface area contributed by atoms with Crippen molar-refractivity contribution in [2.45, 2.75) is 33.0 Å². The molecule has 8 heteroatoms. The number of halogens is 3. The molecule has 2 aromatic rings. The van der Waals surface area contributed by atoms with Crippen LogP contribution in [0.3, 0.4) is 0 Å². The van der Waals surface area contributed by atoms with E-state index < -0.39 is 6.61 Å². The van der Waals surface area contributed by atoms with Gasteiger partial charge in [0.15, 0.2) is 11.5 Å². The monoisotopic (exact) mass is 426 g/mol. The number of rotatable bonds is 11. The normalized spacial score (nSPS) is 11.0. The number of ether oxygens (including phenoxy) is 2. The van der Waals surface area contributed by atoms with E-state index in [1.54, 1.807) is 25.1 Å². The first-order valence-electron chi connectivity index (χ1n) is 9.28. The van der Waals surface area contributed by atoms with Crippen LogP contribution in [0.2, 0.25) is 5.02 Å². The molecule has 0 aliphatic rings. The van der Waals surface area contributed by atoms with Gasteiger partial charge < -0.3 is 19.7 Å². The maximum Gasteiger partial charge on any atom is 0.387 e. The van der Waals surface area contributed by atoms with Crippen molar-refractivity contribution in [1.29, 1.82) is 0 Å². The van der Waals surface area contributed by atoms with E-state index in [-0.39, 0.29) is 17.4 Å². The van der Waals surface area contributed by atoms with Gasteiger partial charge in [-0.1, -0.05) is 35.9 Å². The van der Waals surface area contributed by atoms with Crippen LogP contribution in [0.5, 0.6) is 11.5 Å². The topological polar surface area (TPSA) is 50.8 Å². The van der Waals surface area contributed by atoms with Gasteiger partial charge in [-0.25, -0.2) is 0 Å². The lowest BCUT2D eigenvalue weighted by Gasteiger charge is -2.18. The fraction of sp³-hybridized carbons (Fsp3) is 0.381. The Bertz CT molecular complexity index is 805. The summed E-state index contributed by atoms with van der Waals surface area (Å²) >= 11 is 6.08. The quantitative estimate of drug-likeness (QED) is 0.575. The maximum atomic E-state index is 12.5. The van der Waals surface area contributed by atoms with Crippen LogP contribution in [0.25, 0.3) is 0 Å². The largest absolute Gasteiger partial charge is 0.490 e. The van der Waals surface area contributed by atoms with Crippen LogP contribution in [0, 0.1) is 0 Å². The van der Waals surface area contributed by atoms with Crippen molar-refractivity contribution in [3.63, 3.8) is 0 Å². The van der Waals surface area contributed by atoms with Gasteiger partial charge in [-0.3, -0.25) is 4.79 Å². The van der Waals surface area contributed by atoms with E-state index in [4.69, 9.17) is 16.3 Å². The lowest BCUT2D eigenvalue weighted by atomic mass is 10.2. The number of hydrogen-bond acceptors (Lipinski definition) is 4. The minimum atomic E-state index is -2.91. The predicted octanol–water partition coefficient (Wildman–Crippen LogP) is 4.48. The number of nitrogens with zero attached hydrogens (tertiary/aromatic N) is 1. The third kappa shape index (κ3) is 7.87. The highest BCUT2D eigenvalue weighted by atomic mass is 35.5. The van der Waals surface area contributed by atoms with Crippen LogP contribution in [0.4, 0.5) is 8.78 Å². The smallest absolute Gasteiger partial charge is 0.387 e. The van der Waals surface area contributed by atoms with E-state index in [0.717, 1.165) is 11.1 Å². The minimum absolute atomic E-state index is 0.00667. The first-order chi connectivity index (χ1) is 13.9. The highest BCUT2D eigenvalue weighted by molar-refractivity contribution is 6.31. The van der Waals surface area contributed by atoms with Crippen LogP contribution in [0.1, 0.15) is 24.5 Å². The highest BCUT2D eigenvalue weighted by Crippen LogP contribution is 2.30. The number of hydrogen-bond donors (Lipinski definition) is 1. The first-order valence-corrected chi connectivity index (χ1v) is 9.66. The number of carbonyl (C=O) groups is 1. The molecule has 0 spiro atoms. The molecular formula is C21H25ClF2N2O3. The molecule has 0 unspecified atom stereocenters. The van der Waals surface area contributed by atoms with Gasteiger partial charge in [-0.15, -0.1) is 0 Å². The second-order valence-corrected chi connectivity index (χ2v) is 6.86. The average molecular weight is 427 g/mol. The first kappa shape index (κ1) is 22.9. The Balaban J connectivity index is 1.83. The summed E-state index contributed by atoms with van der Waals surface area (Å²) in [6.45, 7) is 0.648. The summed E-state index contributed by atoms with van der Waals surface area (Å²) in [5.41, 5.74) is 1.74. The summed E-state index contributed by atoms with van der Waals surface area (Å²) in [6, 6.07) is 12.2. The Morgan fingerprint density at radius 3 is 2.66 bits per heavy atom. The molecule has 0 saturated carbocycles. The molecule has 0 fully saturated rings. The SMILES string of the molecule is CCOc1cc(CN(C)CCC(=O)NCc2ccccc2Cl)ccc1OC(F)F. The summed E-state index contributed by atoms with van der Waals surface area (Å²) < 4.78 is 34.8. The van der Waals surface area contributed by atoms with Crippen molar-refractivity contribution in [3.05, 3.63) is 58.6 Å². The summed E-state index contributed by atoms with van der Waals surface area (Å²) in [7, 11) is 1.88. The van der Waals surface area contributed by atoms with Crippen molar-refractivity contribution in [1.82, 2.24) is 10.2 Å². The van der Waals surface area contributed by atoms with Crippen LogP contribution >= 0.6 is 11.6 Å². The van der Waals surface area contributed by atoms with E-state index in [2.05, 4.69) is 10.1 Å². The third-order valence-electron chi connectivity index (χ3n) is 4.13. The van der Waals surface area contributed by atoms with Gasteiger partial charge in [0, 0.05) is 31.1 Å². The van der Waals surface area contributed by atoms with Crippen molar-refractivity contribution in [2.75, 3.05) is 20.2 Å². The Morgan fingerprint density at radius 2 is 1.97 bits per heavy atom. The fourth-order valence-electron chi connectivity index (χ4n) is 2.72. The van der Waals surface area contributed by atoms with E-state index in [0.29, 0.717) is 37.7 Å². The fourth-order valence-corrected chi connectivity index (χ4v) is 2.92. The number of benzene rings is 2. The van der Waals surface area contributed by atoms with Crippen LogP contribution < -0.4 is 14.8 Å². The van der Waals surface area contributed by atoms with E-state index in [9.17, 15) is 13.6 Å². The Kier molecular flexibility index (Phi) is 9.15. The molecule has 29 heavy (non-hydrogen) atoms. The average Bonchev–Trinajstić information content (AvgIpc) is 2.67. The Morgan fingerprint density at radius 1 is 1.21 bits per heavy atom. The van der Waals surface area contributed by atoms with Crippen LogP contribution in [0.15, 0.2) is 42.5 Å². The van der Waals surface area contributed by atoms with Crippen molar-refractivity contribution < 1.29 is 23.0 Å². The summed E-state index contributed by atoms with van der Waals surface area (Å²) in [5.74, 6) is 0.204. The standard InChI is InChI=1S/C21H25ClF2N2O3/c1-3-28-19-12-15(8-9-18(19)29-21(23)24)14-26(2)11-10-20(27)25-13-16-6-4-5-7-17(16)22/h4-9,12,21H,3,10-11,13-14H2,1-2H3,(H,25,27). The van der Waals surface area contributed by atoms with Crippen LogP contribution in [-0.4, -0.2) is 37.6 Å². The molecule has 0 radical (unpaired) electrons. The van der Waals surface area contributed by atoms with Gasteiger partial charge in [-0.05, 0) is 43.3 Å². The number of amides is 1. The summed E-state index contributed by atoms with van der Waals surface area (Å²) in [5, 5.41) is 3.47. The Hall–Kier alpha value is -2.38. The molecule has 0 heterocycles. The molecule has 1 amide bonds. The molecule has 0 aliphatic carbocycles. The van der Waals surface area contributed by atoms with Crippen molar-refractivity contribution in [2.24, 2.45) is 0 Å². The van der Waals surface area contributed by atoms with Gasteiger partial charge >= 0.3 is 6.61 Å². The van der Waals surface area contributed by atoms with E-state index in [1.165, 1.54) is 6.07 Å². The maximum absolute atomic E-state index is 12.5. The molecule has 0 aliphatic heterocycles. The Labute approximate surface area is 174 Å². The molecule has 5 nitrogen and oxygen atoms in total. The van der Waals surface area contributed by atoms with Crippen molar-refractivity contribution in [3.8, 4) is 11.5 Å². The molecule has 0 bridgehead atoms. The zero-order valence-electron chi connectivity index (χ0n) is 16.5. The predicted molar refractivity (Wildman–Crippen MR) is 108 cm³/mol. The number of carbonyl (C=O) groups excluding carboxylic acids is 1. The van der Waals surface area contributed by atoms with E-state index >= 15 is 0 Å². The van der Waals surface area contributed by atoms with Gasteiger partial charge in [0.05, 0.1) is 6.61 Å². The summed E-state index contributed by atoms with van der Waals surface area (Å²) in [4.78, 5) is 14.0. The molecule has 0 atom stereocenters. The minimum Gasteiger partial charge on any atom is -0.490 e. The zero-order valence-corrected chi connectivity index (χ0v) is 17.2. The summed E-state index contributed by atoms with van der Waals surface area (Å²) in [6.07, 6.45) is 0.325. The number of nitrogens with one attached hydrogen (secondary N) is 1. The molecule has 0 aromatic heterocycles. The molecule has 1 N–H and O–H groups in total. The lowest BCUT2D eigenvalue weighted by Crippen LogP contribution is -2.28. The third-order valence-corrected chi connectivity index (χ3v) is 4.50. The molecule has 0 saturated heterocycles. The van der Waals surface area contributed by atoms with E-state index in [1.807, 2.05) is 30.1 Å². The number of alkyl halides is 2. The van der Waals surface area contributed by atoms with Crippen LogP contribution in [-0.2, 0) is 17.9 Å². The van der Waals surface area contributed by atoms with Gasteiger partial charge in [-0.2, -0.15) is 8.78 Å². The molecule has 2 rings (SSSR count). The lowest BCUT2D eigenvalue weighted by molar-refractivity contribution is -0.121. The second kappa shape index (κ2) is 11.6. The second-order valence-electron chi connectivity index (χ2n) is 6.45. The highest BCUT2D eigenvalue weighted by Gasteiger charge is 2.13. The van der Waals surface area contributed by atoms with Gasteiger partial charge in [0.25, 0.3) is 0 Å². The van der Waals surface area contributed by atoms with Gasteiger partial charge in [0.2, 0.25) is 5.91 Å². The van der Waals surface area contributed by atoms with Crippen molar-refractivity contribution >= 4 is 17.5 Å². The van der Waals surface area contributed by atoms with Gasteiger partial charge in [0.1, 0.15) is 0 Å². The molecule has 2 aromatic carbocycles. The zero-order chi connectivity index (χ0) is 21.2. The molecular weight excluding hydrogens is 402 g/mol. The molecule has 158 valence electrons.